The molecule has 2 heterocycles. The Balaban J connectivity index is 1.38. The average Bonchev–Trinajstić information content (AvgIpc) is 3.34. The number of H-pyrrole nitrogens is 1. The van der Waals surface area contributed by atoms with Gasteiger partial charge in [0, 0.05) is 17.7 Å². The first-order valence-electron chi connectivity index (χ1n) is 8.65. The van der Waals surface area contributed by atoms with E-state index in [4.69, 9.17) is 9.47 Å². The summed E-state index contributed by atoms with van der Waals surface area (Å²) in [6.45, 7) is 2.81. The van der Waals surface area contributed by atoms with Gasteiger partial charge in [-0.15, -0.1) is 11.3 Å². The van der Waals surface area contributed by atoms with Crippen LogP contribution in [-0.2, 0) is 22.6 Å². The molecular weight excluding hydrogens is 362 g/mol. The minimum atomic E-state index is -0.346. The molecule has 0 aliphatic rings. The molecule has 3 rings (SSSR count). The van der Waals surface area contributed by atoms with Crippen molar-refractivity contribution in [3.63, 3.8) is 0 Å². The predicted molar refractivity (Wildman–Crippen MR) is 105 cm³/mol. The lowest BCUT2D eigenvalue weighted by atomic mass is 10.2. The van der Waals surface area contributed by atoms with Crippen molar-refractivity contribution in [2.75, 3.05) is 6.61 Å². The molecule has 0 aliphatic heterocycles. The topological polar surface area (TPSA) is 77.1 Å². The fraction of sp³-hybridized carbons (Fsp3) is 0.250. The van der Waals surface area contributed by atoms with Crippen molar-refractivity contribution in [3.8, 4) is 5.75 Å². The molecule has 140 valence electrons. The molecule has 0 fully saturated rings. The van der Waals surface area contributed by atoms with Crippen LogP contribution in [0.2, 0.25) is 0 Å². The lowest BCUT2D eigenvalue weighted by molar-refractivity contribution is -0.137. The van der Waals surface area contributed by atoms with Gasteiger partial charge in [-0.1, -0.05) is 12.1 Å². The van der Waals surface area contributed by atoms with E-state index in [0.717, 1.165) is 40.4 Å². The van der Waals surface area contributed by atoms with Crippen LogP contribution in [0.25, 0.3) is 6.08 Å². The molecule has 27 heavy (non-hydrogen) atoms. The number of thiazole rings is 1. The maximum atomic E-state index is 11.7. The summed E-state index contributed by atoms with van der Waals surface area (Å²) in [5, 5.41) is 9.66. The Labute approximate surface area is 161 Å². The van der Waals surface area contributed by atoms with Crippen LogP contribution >= 0.6 is 11.3 Å². The van der Waals surface area contributed by atoms with Crippen molar-refractivity contribution in [2.45, 2.75) is 26.4 Å². The molecule has 0 amide bonds. The summed E-state index contributed by atoms with van der Waals surface area (Å²) in [7, 11) is 0. The van der Waals surface area contributed by atoms with Crippen LogP contribution in [0.5, 0.6) is 5.75 Å². The molecular formula is C20H21N3O3S. The minimum absolute atomic E-state index is 0.346. The molecule has 1 N–H and O–H groups in total. The third-order valence-corrected chi connectivity index (χ3v) is 4.58. The number of aromatic nitrogens is 3. The highest BCUT2D eigenvalue weighted by Crippen LogP contribution is 2.16. The zero-order chi connectivity index (χ0) is 18.9. The quantitative estimate of drug-likeness (QED) is 0.344. The monoisotopic (exact) mass is 383 g/mol. The van der Waals surface area contributed by atoms with Crippen molar-refractivity contribution in [2.24, 2.45) is 0 Å². The molecule has 0 spiro atoms. The number of rotatable bonds is 9. The molecule has 0 saturated carbocycles. The van der Waals surface area contributed by atoms with Gasteiger partial charge in [-0.2, -0.15) is 5.10 Å². The molecule has 7 heteroatoms. The molecule has 0 aliphatic carbocycles. The van der Waals surface area contributed by atoms with Crippen molar-refractivity contribution >= 4 is 23.4 Å². The van der Waals surface area contributed by atoms with E-state index < -0.39 is 0 Å². The van der Waals surface area contributed by atoms with Gasteiger partial charge in [0.05, 0.1) is 23.5 Å². The number of nitrogens with one attached hydrogen (secondary N) is 1. The Hall–Kier alpha value is -2.93. The number of nitrogens with zero attached hydrogens (tertiary/aromatic N) is 2. The maximum Gasteiger partial charge on any atom is 0.330 e. The summed E-state index contributed by atoms with van der Waals surface area (Å²) in [4.78, 5) is 16.1. The number of carbonyl (C=O) groups excluding carboxylic acids is 1. The van der Waals surface area contributed by atoms with Gasteiger partial charge in [0.15, 0.2) is 0 Å². The number of aryl methyl sites for hydroxylation is 2. The summed E-state index contributed by atoms with van der Waals surface area (Å²) in [6.07, 6.45) is 8.37. The third-order valence-electron chi connectivity index (χ3n) is 3.75. The second-order valence-electron chi connectivity index (χ2n) is 5.93. The molecule has 0 saturated heterocycles. The van der Waals surface area contributed by atoms with E-state index in [1.54, 1.807) is 23.6 Å². The average molecular weight is 383 g/mol. The van der Waals surface area contributed by atoms with Crippen molar-refractivity contribution in [3.05, 3.63) is 69.9 Å². The summed E-state index contributed by atoms with van der Waals surface area (Å²) >= 11 is 1.61. The lowest BCUT2D eigenvalue weighted by Gasteiger charge is -2.04. The standard InChI is InChI=1S/C20H21N3O3S/c1-15-23-18(14-27-15)13-26-19-7-4-16(5-8-19)6-9-20(24)25-10-2-3-17-11-21-22-12-17/h4-9,11-12,14H,2-3,10,13H2,1H3,(H,21,22)/b9-6+. The first-order chi connectivity index (χ1) is 13.2. The molecule has 1 aromatic carbocycles. The van der Waals surface area contributed by atoms with Crippen LogP contribution in [0, 0.1) is 6.92 Å². The first-order valence-corrected chi connectivity index (χ1v) is 9.53. The molecule has 6 nitrogen and oxygen atoms in total. The molecule has 0 atom stereocenters. The largest absolute Gasteiger partial charge is 0.487 e. The van der Waals surface area contributed by atoms with Crippen LogP contribution in [0.15, 0.2) is 48.1 Å². The van der Waals surface area contributed by atoms with Gasteiger partial charge in [0.2, 0.25) is 0 Å². The highest BCUT2D eigenvalue weighted by Gasteiger charge is 2.01. The van der Waals surface area contributed by atoms with Gasteiger partial charge in [0.1, 0.15) is 12.4 Å². The lowest BCUT2D eigenvalue weighted by Crippen LogP contribution is -2.03. The summed E-state index contributed by atoms with van der Waals surface area (Å²) in [6, 6.07) is 7.53. The smallest absolute Gasteiger partial charge is 0.330 e. The van der Waals surface area contributed by atoms with Crippen LogP contribution in [0.3, 0.4) is 0 Å². The highest BCUT2D eigenvalue weighted by molar-refractivity contribution is 7.09. The normalized spacial score (nSPS) is 11.0. The number of esters is 1. The Bertz CT molecular complexity index is 870. The Morgan fingerprint density at radius 3 is 2.85 bits per heavy atom. The Morgan fingerprint density at radius 1 is 1.30 bits per heavy atom. The van der Waals surface area contributed by atoms with Crippen LogP contribution in [0.1, 0.15) is 28.2 Å². The molecule has 0 bridgehead atoms. The Kier molecular flexibility index (Phi) is 6.76. The van der Waals surface area contributed by atoms with E-state index in [2.05, 4.69) is 15.2 Å². The number of aromatic amines is 1. The van der Waals surface area contributed by atoms with Gasteiger partial charge >= 0.3 is 5.97 Å². The van der Waals surface area contributed by atoms with Crippen molar-refractivity contribution in [1.82, 2.24) is 15.2 Å². The number of hydrogen-bond donors (Lipinski definition) is 1. The fourth-order valence-electron chi connectivity index (χ4n) is 2.38. The van der Waals surface area contributed by atoms with E-state index in [0.29, 0.717) is 13.2 Å². The van der Waals surface area contributed by atoms with Crippen molar-refractivity contribution in [1.29, 1.82) is 0 Å². The van der Waals surface area contributed by atoms with Gasteiger partial charge in [-0.3, -0.25) is 5.10 Å². The fourth-order valence-corrected chi connectivity index (χ4v) is 2.98. The van der Waals surface area contributed by atoms with Gasteiger partial charge in [-0.25, -0.2) is 9.78 Å². The maximum absolute atomic E-state index is 11.7. The predicted octanol–water partition coefficient (Wildman–Crippen LogP) is 3.94. The van der Waals surface area contributed by atoms with Gasteiger partial charge in [0.25, 0.3) is 0 Å². The SMILES string of the molecule is Cc1nc(COc2ccc(/C=C/C(=O)OCCCc3cn[nH]c3)cc2)cs1. The van der Waals surface area contributed by atoms with Crippen molar-refractivity contribution < 1.29 is 14.3 Å². The third kappa shape index (κ3) is 6.38. The Morgan fingerprint density at radius 2 is 2.15 bits per heavy atom. The second kappa shape index (κ2) is 9.68. The van der Waals surface area contributed by atoms with Crippen LogP contribution < -0.4 is 4.74 Å². The zero-order valence-electron chi connectivity index (χ0n) is 15.1. The van der Waals surface area contributed by atoms with E-state index in [1.807, 2.05) is 42.8 Å². The van der Waals surface area contributed by atoms with E-state index in [-0.39, 0.29) is 5.97 Å². The highest BCUT2D eigenvalue weighted by atomic mass is 32.1. The second-order valence-corrected chi connectivity index (χ2v) is 6.99. The van der Waals surface area contributed by atoms with Gasteiger partial charge in [-0.05, 0) is 49.1 Å². The molecule has 3 aromatic rings. The number of hydrogen-bond acceptors (Lipinski definition) is 6. The number of ether oxygens (including phenoxy) is 2. The van der Waals surface area contributed by atoms with Crippen LogP contribution in [0.4, 0.5) is 0 Å². The summed E-state index contributed by atoms with van der Waals surface area (Å²) < 4.78 is 10.9. The first kappa shape index (κ1) is 18.8. The summed E-state index contributed by atoms with van der Waals surface area (Å²) in [5.41, 5.74) is 2.94. The van der Waals surface area contributed by atoms with E-state index in [1.165, 1.54) is 6.08 Å². The molecule has 0 unspecified atom stereocenters. The summed E-state index contributed by atoms with van der Waals surface area (Å²) in [5.74, 6) is 0.418. The number of benzene rings is 1. The molecule has 0 radical (unpaired) electrons. The zero-order valence-corrected chi connectivity index (χ0v) is 15.9. The van der Waals surface area contributed by atoms with E-state index in [9.17, 15) is 4.79 Å². The minimum Gasteiger partial charge on any atom is -0.487 e. The van der Waals surface area contributed by atoms with Gasteiger partial charge < -0.3 is 9.47 Å². The van der Waals surface area contributed by atoms with Crippen LogP contribution in [-0.4, -0.2) is 27.8 Å². The number of carbonyl (C=O) groups is 1. The van der Waals surface area contributed by atoms with E-state index >= 15 is 0 Å². The molecule has 2 aromatic heterocycles.